The highest BCUT2D eigenvalue weighted by Crippen LogP contribution is 2.32. The number of nitrogens with zero attached hydrogens (tertiary/aromatic N) is 2. The van der Waals surface area contributed by atoms with E-state index in [4.69, 9.17) is 23.2 Å². The zero-order chi connectivity index (χ0) is 18.7. The first-order chi connectivity index (χ1) is 12.5. The van der Waals surface area contributed by atoms with E-state index in [1.54, 1.807) is 17.8 Å². The molecule has 136 valence electrons. The highest BCUT2D eigenvalue weighted by molar-refractivity contribution is 7.99. The molecule has 0 aliphatic rings. The third kappa shape index (κ3) is 4.34. The van der Waals surface area contributed by atoms with Gasteiger partial charge in [0.15, 0.2) is 4.80 Å². The maximum absolute atomic E-state index is 12.3. The minimum atomic E-state index is -0.124. The molecule has 0 bridgehead atoms. The molecule has 0 atom stereocenters. The van der Waals surface area contributed by atoms with Crippen LogP contribution in [-0.2, 0) is 11.3 Å². The molecule has 7 heteroatoms. The molecule has 1 aromatic heterocycles. The van der Waals surface area contributed by atoms with Gasteiger partial charge in [-0.25, -0.2) is 0 Å². The predicted octanol–water partition coefficient (Wildman–Crippen LogP) is 5.95. The number of aromatic nitrogens is 1. The van der Waals surface area contributed by atoms with Gasteiger partial charge in [0, 0.05) is 23.6 Å². The molecule has 0 fully saturated rings. The van der Waals surface area contributed by atoms with Crippen LogP contribution in [0.4, 0.5) is 0 Å². The first kappa shape index (κ1) is 19.5. The van der Waals surface area contributed by atoms with Gasteiger partial charge in [0.2, 0.25) is 5.91 Å². The second-order valence-electron chi connectivity index (χ2n) is 5.75. The van der Waals surface area contributed by atoms with Gasteiger partial charge in [0.1, 0.15) is 0 Å². The largest absolute Gasteiger partial charge is 0.315 e. The summed E-state index contributed by atoms with van der Waals surface area (Å²) in [4.78, 5) is 18.4. The second-order valence-corrected chi connectivity index (χ2v) is 8.72. The van der Waals surface area contributed by atoms with Gasteiger partial charge in [0.25, 0.3) is 0 Å². The molecular formula is C19H18Cl2N2OS2. The van der Waals surface area contributed by atoms with Gasteiger partial charge in [-0.3, -0.25) is 4.79 Å². The van der Waals surface area contributed by atoms with Crippen LogP contribution in [0.1, 0.15) is 18.9 Å². The molecule has 3 nitrogen and oxygen atoms in total. The summed E-state index contributed by atoms with van der Waals surface area (Å²) >= 11 is 15.6. The van der Waals surface area contributed by atoms with Crippen LogP contribution in [0.15, 0.2) is 46.3 Å². The number of fused-ring (bicyclic) bond motifs is 1. The van der Waals surface area contributed by atoms with Crippen LogP contribution in [0.3, 0.4) is 0 Å². The number of hydrogen-bond donors (Lipinski definition) is 0. The Balaban J connectivity index is 1.77. The minimum Gasteiger partial charge on any atom is -0.315 e. The van der Waals surface area contributed by atoms with E-state index in [2.05, 4.69) is 36.2 Å². The molecular weight excluding hydrogens is 407 g/mol. The second kappa shape index (κ2) is 8.61. The summed E-state index contributed by atoms with van der Waals surface area (Å²) < 4.78 is 2.92. The van der Waals surface area contributed by atoms with Crippen LogP contribution in [0.25, 0.3) is 10.2 Å². The summed E-state index contributed by atoms with van der Waals surface area (Å²) in [6.07, 6.45) is 0.394. The lowest BCUT2D eigenvalue weighted by atomic mass is 10.2. The van der Waals surface area contributed by atoms with Gasteiger partial charge in [0.05, 0.1) is 20.3 Å². The molecule has 0 saturated carbocycles. The smallest absolute Gasteiger partial charge is 0.249 e. The van der Waals surface area contributed by atoms with Crippen LogP contribution in [-0.4, -0.2) is 16.2 Å². The number of thiazole rings is 1. The molecule has 3 rings (SSSR count). The lowest BCUT2D eigenvalue weighted by molar-refractivity contribution is -0.117. The van der Waals surface area contributed by atoms with Gasteiger partial charge >= 0.3 is 0 Å². The van der Waals surface area contributed by atoms with E-state index in [9.17, 15) is 4.79 Å². The first-order valence-electron chi connectivity index (χ1n) is 8.24. The van der Waals surface area contributed by atoms with Gasteiger partial charge < -0.3 is 4.57 Å². The van der Waals surface area contributed by atoms with E-state index >= 15 is 0 Å². The number of benzene rings is 2. The molecule has 0 unspecified atom stereocenters. The Morgan fingerprint density at radius 1 is 1.19 bits per heavy atom. The van der Waals surface area contributed by atoms with Gasteiger partial charge in [-0.05, 0) is 38.1 Å². The Kier molecular flexibility index (Phi) is 6.46. The van der Waals surface area contributed by atoms with E-state index < -0.39 is 0 Å². The fraction of sp³-hybridized carbons (Fsp3) is 0.263. The third-order valence-electron chi connectivity index (χ3n) is 3.88. The number of amides is 1. The van der Waals surface area contributed by atoms with Gasteiger partial charge in [-0.15, -0.1) is 11.8 Å². The maximum Gasteiger partial charge on any atom is 0.249 e. The van der Waals surface area contributed by atoms with E-state index in [1.807, 2.05) is 17.6 Å². The lowest BCUT2D eigenvalue weighted by Crippen LogP contribution is -2.16. The van der Waals surface area contributed by atoms with Crippen molar-refractivity contribution in [3.63, 3.8) is 0 Å². The fourth-order valence-corrected chi connectivity index (χ4v) is 4.97. The van der Waals surface area contributed by atoms with Crippen molar-refractivity contribution in [1.29, 1.82) is 0 Å². The van der Waals surface area contributed by atoms with Crippen LogP contribution in [0.2, 0.25) is 10.0 Å². The van der Waals surface area contributed by atoms with Crippen LogP contribution < -0.4 is 4.80 Å². The van der Waals surface area contributed by atoms with Crippen molar-refractivity contribution in [1.82, 2.24) is 4.57 Å². The molecule has 3 aromatic rings. The maximum atomic E-state index is 12.3. The van der Waals surface area contributed by atoms with Crippen molar-refractivity contribution < 1.29 is 4.79 Å². The zero-order valence-electron chi connectivity index (χ0n) is 14.5. The highest BCUT2D eigenvalue weighted by atomic mass is 35.5. The Morgan fingerprint density at radius 2 is 1.92 bits per heavy atom. The molecule has 1 heterocycles. The summed E-state index contributed by atoms with van der Waals surface area (Å²) in [7, 11) is 0. The normalized spacial score (nSPS) is 12.1. The summed E-state index contributed by atoms with van der Waals surface area (Å²) in [5.41, 5.74) is 2.07. The topological polar surface area (TPSA) is 34.4 Å². The first-order valence-corrected chi connectivity index (χ1v) is 10.8. The fourth-order valence-electron chi connectivity index (χ4n) is 2.53. The Hall–Kier alpha value is -1.27. The summed E-state index contributed by atoms with van der Waals surface area (Å²) in [5, 5.41) is 1.01. The number of thioether (sulfide) groups is 1. The number of carbonyl (C=O) groups is 1. The van der Waals surface area contributed by atoms with Crippen molar-refractivity contribution in [2.75, 3.05) is 5.75 Å². The Morgan fingerprint density at radius 3 is 2.62 bits per heavy atom. The molecule has 0 aliphatic carbocycles. The molecule has 0 radical (unpaired) electrons. The molecule has 0 saturated heterocycles. The van der Waals surface area contributed by atoms with E-state index in [0.717, 1.165) is 15.1 Å². The summed E-state index contributed by atoms with van der Waals surface area (Å²) in [5.74, 6) is 0.579. The molecule has 0 aliphatic heterocycles. The van der Waals surface area contributed by atoms with Gasteiger partial charge in [-0.2, -0.15) is 4.99 Å². The summed E-state index contributed by atoms with van der Waals surface area (Å²) in [6.45, 7) is 4.73. The number of carbonyl (C=O) groups excluding carboxylic acids is 1. The van der Waals surface area contributed by atoms with Gasteiger partial charge in [-0.1, -0.05) is 52.2 Å². The SMILES string of the molecule is CCn1c(=NC(=O)CCSc2ccc(C)cc2)sc2ccc(Cl)c(Cl)c21. The van der Waals surface area contributed by atoms with Crippen LogP contribution in [0, 0.1) is 6.92 Å². The van der Waals surface area contributed by atoms with Crippen molar-refractivity contribution in [3.8, 4) is 0 Å². The minimum absolute atomic E-state index is 0.124. The number of rotatable bonds is 5. The van der Waals surface area contributed by atoms with Crippen molar-refractivity contribution in [2.24, 2.45) is 4.99 Å². The third-order valence-corrected chi connectivity index (χ3v) is 6.73. The number of hydrogen-bond acceptors (Lipinski definition) is 3. The zero-order valence-corrected chi connectivity index (χ0v) is 17.6. The van der Waals surface area contributed by atoms with Crippen LogP contribution in [0.5, 0.6) is 0 Å². The van der Waals surface area contributed by atoms with E-state index in [0.29, 0.717) is 33.6 Å². The average Bonchev–Trinajstić information content (AvgIpc) is 2.97. The summed E-state index contributed by atoms with van der Waals surface area (Å²) in [6, 6.07) is 12.0. The Bertz CT molecular complexity index is 1010. The van der Waals surface area contributed by atoms with Crippen molar-refractivity contribution in [3.05, 3.63) is 56.8 Å². The molecule has 0 spiro atoms. The van der Waals surface area contributed by atoms with Crippen molar-refractivity contribution in [2.45, 2.75) is 31.7 Å². The standard InChI is InChI=1S/C19H18Cl2N2OS2/c1-3-23-18-15(9-8-14(20)17(18)21)26-19(23)22-16(24)10-11-25-13-6-4-12(2)5-7-13/h4-9H,3,10-11H2,1-2H3. The lowest BCUT2D eigenvalue weighted by Gasteiger charge is -2.03. The molecule has 26 heavy (non-hydrogen) atoms. The molecule has 0 N–H and O–H groups in total. The van der Waals surface area contributed by atoms with Crippen LogP contribution >= 0.6 is 46.3 Å². The number of halogens is 2. The van der Waals surface area contributed by atoms with Crippen molar-refractivity contribution >= 4 is 62.4 Å². The quantitative estimate of drug-likeness (QED) is 0.474. The highest BCUT2D eigenvalue weighted by Gasteiger charge is 2.12. The molecule has 1 amide bonds. The monoisotopic (exact) mass is 424 g/mol. The average molecular weight is 425 g/mol. The predicted molar refractivity (Wildman–Crippen MR) is 113 cm³/mol. The Labute approximate surface area is 170 Å². The van der Waals surface area contributed by atoms with E-state index in [-0.39, 0.29) is 5.91 Å². The number of aryl methyl sites for hydroxylation is 2. The van der Waals surface area contributed by atoms with E-state index in [1.165, 1.54) is 16.9 Å². The molecule has 2 aromatic carbocycles.